The molecule has 1 rings (SSSR count). The third-order valence-corrected chi connectivity index (χ3v) is 6.27. The molecule has 0 saturated carbocycles. The van der Waals surface area contributed by atoms with Crippen molar-refractivity contribution in [2.75, 3.05) is 32.4 Å². The molecule has 1 fully saturated rings. The van der Waals surface area contributed by atoms with E-state index < -0.39 is 14.4 Å². The Hall–Kier alpha value is 0.640. The average Bonchev–Trinajstić information content (AvgIpc) is 2.49. The van der Waals surface area contributed by atoms with E-state index in [-0.39, 0.29) is 0 Å². The normalized spacial score (nSPS) is 20.4. The first-order valence-electron chi connectivity index (χ1n) is 4.13. The van der Waals surface area contributed by atoms with Gasteiger partial charge in [0.15, 0.2) is 11.4 Å². The molecule has 1 saturated heterocycles. The first-order chi connectivity index (χ1) is 6.02. The van der Waals surface area contributed by atoms with E-state index in [0.29, 0.717) is 0 Å². The van der Waals surface area contributed by atoms with Gasteiger partial charge in [-0.2, -0.15) is 0 Å². The van der Waals surface area contributed by atoms with E-state index in [2.05, 4.69) is 4.52 Å². The fourth-order valence-electron chi connectivity index (χ4n) is 1.08. The van der Waals surface area contributed by atoms with Gasteiger partial charge in [-0.15, -0.1) is 4.52 Å². The summed E-state index contributed by atoms with van der Waals surface area (Å²) >= 11 is 1.21. The first kappa shape index (κ1) is 13.6. The van der Waals surface area contributed by atoms with Gasteiger partial charge in [-0.3, -0.25) is 0 Å². The van der Waals surface area contributed by atoms with Crippen molar-refractivity contribution >= 4 is 25.8 Å². The third-order valence-electron chi connectivity index (χ3n) is 1.81. The molecule has 78 valence electrons. The van der Waals surface area contributed by atoms with Crippen molar-refractivity contribution in [1.29, 1.82) is 0 Å². The van der Waals surface area contributed by atoms with E-state index in [4.69, 9.17) is 0 Å². The topological polar surface area (TPSA) is 43.4 Å². The maximum absolute atomic E-state index is 11.0. The summed E-state index contributed by atoms with van der Waals surface area (Å²) in [4.78, 5) is 0. The second kappa shape index (κ2) is 7.00. The quantitative estimate of drug-likeness (QED) is 0.697. The van der Waals surface area contributed by atoms with Crippen LogP contribution in [0.25, 0.3) is 0 Å². The van der Waals surface area contributed by atoms with Gasteiger partial charge in [-0.05, 0) is 24.1 Å². The minimum absolute atomic E-state index is 1.01. The molecular formula is C7H17O3P2S+. The molecule has 3 nitrogen and oxygen atoms in total. The lowest BCUT2D eigenvalue weighted by Gasteiger charge is -1.96. The van der Waals surface area contributed by atoms with Crippen molar-refractivity contribution in [3.63, 3.8) is 0 Å². The van der Waals surface area contributed by atoms with Gasteiger partial charge in [0.1, 0.15) is 0 Å². The predicted molar refractivity (Wildman–Crippen MR) is 60.6 cm³/mol. The highest BCUT2D eigenvalue weighted by Gasteiger charge is 2.19. The fraction of sp³-hybridized carbons (Fsp3) is 1.00. The monoisotopic (exact) mass is 243 g/mol. The smallest absolute Gasteiger partial charge is 0.324 e. The summed E-state index contributed by atoms with van der Waals surface area (Å²) in [5.41, 5.74) is 0. The van der Waals surface area contributed by atoms with Crippen LogP contribution in [0.4, 0.5) is 0 Å². The van der Waals surface area contributed by atoms with Crippen LogP contribution in [-0.4, -0.2) is 32.4 Å². The fourth-order valence-corrected chi connectivity index (χ4v) is 3.68. The Bertz CT molecular complexity index is 192. The van der Waals surface area contributed by atoms with Crippen LogP contribution in [-0.2, 0) is 13.7 Å². The first-order valence-corrected chi connectivity index (χ1v) is 9.66. The summed E-state index contributed by atoms with van der Waals surface area (Å²) in [5.74, 6) is 0. The predicted octanol–water partition coefficient (Wildman–Crippen LogP) is 3.43. The lowest BCUT2D eigenvalue weighted by atomic mass is 10.4. The van der Waals surface area contributed by atoms with E-state index in [9.17, 15) is 9.13 Å². The molecule has 1 atom stereocenters. The van der Waals surface area contributed by atoms with E-state index in [1.807, 2.05) is 6.66 Å². The maximum Gasteiger partial charge on any atom is 0.584 e. The summed E-state index contributed by atoms with van der Waals surface area (Å²) in [6, 6.07) is 0. The second-order valence-electron chi connectivity index (χ2n) is 3.04. The van der Waals surface area contributed by atoms with Crippen molar-refractivity contribution in [2.24, 2.45) is 0 Å². The van der Waals surface area contributed by atoms with Gasteiger partial charge < -0.3 is 4.57 Å². The van der Waals surface area contributed by atoms with Crippen LogP contribution >= 0.6 is 25.8 Å². The zero-order valence-electron chi connectivity index (χ0n) is 8.36. The highest BCUT2D eigenvalue weighted by molar-refractivity contribution is 8.49. The molecule has 0 aromatic rings. The molecule has 1 heterocycles. The third kappa shape index (κ3) is 7.69. The second-order valence-corrected chi connectivity index (χ2v) is 9.70. The highest BCUT2D eigenvalue weighted by Crippen LogP contribution is 2.47. The summed E-state index contributed by atoms with van der Waals surface area (Å²) in [5, 5.41) is 0. The molecule has 13 heavy (non-hydrogen) atoms. The minimum Gasteiger partial charge on any atom is -0.324 e. The van der Waals surface area contributed by atoms with Crippen molar-refractivity contribution in [3.05, 3.63) is 0 Å². The Morgan fingerprint density at radius 1 is 1.38 bits per heavy atom. The number of rotatable bonds is 2. The van der Waals surface area contributed by atoms with Gasteiger partial charge in [0.2, 0.25) is 0 Å². The maximum atomic E-state index is 11.0. The molecule has 0 aromatic heterocycles. The number of hydrogen-bond donors (Lipinski definition) is 0. The zero-order valence-corrected chi connectivity index (χ0v) is 11.0. The van der Waals surface area contributed by atoms with Crippen molar-refractivity contribution in [3.8, 4) is 0 Å². The highest BCUT2D eigenvalue weighted by atomic mass is 32.7. The van der Waals surface area contributed by atoms with Crippen LogP contribution in [0.5, 0.6) is 0 Å². The average molecular weight is 243 g/mol. The van der Waals surface area contributed by atoms with Crippen molar-refractivity contribution < 1.29 is 13.7 Å². The van der Waals surface area contributed by atoms with Gasteiger partial charge in [-0.1, -0.05) is 0 Å². The molecule has 6 heteroatoms. The Balaban J connectivity index is 0.000000226. The van der Waals surface area contributed by atoms with Crippen LogP contribution in [0.1, 0.15) is 12.8 Å². The van der Waals surface area contributed by atoms with Crippen molar-refractivity contribution in [1.82, 2.24) is 0 Å². The summed E-state index contributed by atoms with van der Waals surface area (Å²) in [6.45, 7) is 1.92. The van der Waals surface area contributed by atoms with Crippen LogP contribution < -0.4 is 0 Å². The Morgan fingerprint density at radius 2 is 1.85 bits per heavy atom. The lowest BCUT2D eigenvalue weighted by Crippen LogP contribution is -1.75. The minimum atomic E-state index is -1.54. The van der Waals surface area contributed by atoms with Gasteiger partial charge in [0, 0.05) is 18.6 Å². The van der Waals surface area contributed by atoms with Crippen LogP contribution in [0, 0.1) is 0 Å². The largest absolute Gasteiger partial charge is 0.584 e. The summed E-state index contributed by atoms with van der Waals surface area (Å²) in [7, 11) is -1.53. The molecule has 0 N–H and O–H groups in total. The SMILES string of the molecule is CO[P+](=O)SC.CP1(=O)CCCC1. The van der Waals surface area contributed by atoms with E-state index in [1.54, 1.807) is 6.26 Å². The molecule has 1 aliphatic rings. The van der Waals surface area contributed by atoms with Crippen LogP contribution in [0.3, 0.4) is 0 Å². The van der Waals surface area contributed by atoms with Gasteiger partial charge in [0.05, 0.1) is 14.3 Å². The van der Waals surface area contributed by atoms with E-state index >= 15 is 0 Å². The van der Waals surface area contributed by atoms with Crippen LogP contribution in [0.2, 0.25) is 0 Å². The molecule has 0 radical (unpaired) electrons. The van der Waals surface area contributed by atoms with Gasteiger partial charge in [-0.25, -0.2) is 0 Å². The van der Waals surface area contributed by atoms with E-state index in [0.717, 1.165) is 12.3 Å². The number of hydrogen-bond acceptors (Lipinski definition) is 4. The molecule has 0 aliphatic carbocycles. The molecule has 0 bridgehead atoms. The van der Waals surface area contributed by atoms with Gasteiger partial charge in [0.25, 0.3) is 0 Å². The van der Waals surface area contributed by atoms with Crippen molar-refractivity contribution in [2.45, 2.75) is 12.8 Å². The molecule has 0 aromatic carbocycles. The Morgan fingerprint density at radius 3 is 1.92 bits per heavy atom. The molecule has 0 amide bonds. The standard InChI is InChI=1S/C5H11OP.C2H6O2PS/c1-7(6)4-2-3-5-7;1-4-5(3)6-2/h2-5H2,1H3;1-2H3/q;+1. The summed E-state index contributed by atoms with van der Waals surface area (Å²) in [6.07, 6.45) is 6.16. The Kier molecular flexibility index (Phi) is 7.35. The lowest BCUT2D eigenvalue weighted by molar-refractivity contribution is 0.429. The molecule has 1 aliphatic heterocycles. The summed E-state index contributed by atoms with van der Waals surface area (Å²) < 4.78 is 25.5. The van der Waals surface area contributed by atoms with E-state index in [1.165, 1.54) is 31.3 Å². The van der Waals surface area contributed by atoms with Crippen LogP contribution in [0.15, 0.2) is 0 Å². The van der Waals surface area contributed by atoms with Gasteiger partial charge >= 0.3 is 7.23 Å². The zero-order chi connectivity index (χ0) is 10.3. The molecular weight excluding hydrogens is 226 g/mol. The molecule has 1 unspecified atom stereocenters. The molecule has 0 spiro atoms. The Labute approximate surface area is 85.0 Å².